The summed E-state index contributed by atoms with van der Waals surface area (Å²) in [7, 11) is 1.80. The lowest BCUT2D eigenvalue weighted by Gasteiger charge is -2.29. The Labute approximate surface area is 121 Å². The van der Waals surface area contributed by atoms with Gasteiger partial charge in [-0.1, -0.05) is 6.42 Å². The van der Waals surface area contributed by atoms with E-state index in [9.17, 15) is 9.18 Å². The third-order valence-electron chi connectivity index (χ3n) is 3.91. The predicted molar refractivity (Wildman–Crippen MR) is 76.4 cm³/mol. The van der Waals surface area contributed by atoms with Gasteiger partial charge in [-0.2, -0.15) is 0 Å². The van der Waals surface area contributed by atoms with Crippen LogP contribution in [-0.2, 0) is 0 Å². The van der Waals surface area contributed by atoms with Crippen molar-refractivity contribution in [1.82, 2.24) is 4.90 Å². The Morgan fingerprint density at radius 1 is 1.53 bits per heavy atom. The van der Waals surface area contributed by atoms with Gasteiger partial charge >= 0.3 is 0 Å². The van der Waals surface area contributed by atoms with Crippen molar-refractivity contribution in [3.63, 3.8) is 0 Å². The molecule has 0 aromatic heterocycles. The van der Waals surface area contributed by atoms with Crippen molar-refractivity contribution in [1.29, 1.82) is 0 Å². The number of hydrogen-bond acceptors (Lipinski definition) is 2. The van der Waals surface area contributed by atoms with Crippen LogP contribution in [0.2, 0.25) is 0 Å². The predicted octanol–water partition coefficient (Wildman–Crippen LogP) is 2.79. The third-order valence-corrected chi connectivity index (χ3v) is 4.51. The fourth-order valence-electron chi connectivity index (χ4n) is 2.79. The van der Waals surface area contributed by atoms with Crippen molar-refractivity contribution in [3.05, 3.63) is 34.1 Å². The number of amides is 1. The summed E-state index contributed by atoms with van der Waals surface area (Å²) in [6.07, 6.45) is 3.18. The maximum absolute atomic E-state index is 13.2. The average Bonchev–Trinajstić information content (AvgIpc) is 2.88. The lowest BCUT2D eigenvalue weighted by atomic mass is 10.0. The molecule has 1 aromatic rings. The second-order valence-corrected chi connectivity index (χ2v) is 5.89. The summed E-state index contributed by atoms with van der Waals surface area (Å²) in [5, 5.41) is 0. The van der Waals surface area contributed by atoms with Gasteiger partial charge in [0, 0.05) is 18.7 Å². The molecule has 0 spiro atoms. The van der Waals surface area contributed by atoms with Gasteiger partial charge in [-0.25, -0.2) is 4.39 Å². The Balaban J connectivity index is 2.16. The van der Waals surface area contributed by atoms with Crippen LogP contribution in [0.5, 0.6) is 0 Å². The molecule has 0 saturated heterocycles. The number of benzene rings is 1. The molecule has 0 radical (unpaired) electrons. The zero-order valence-electron chi connectivity index (χ0n) is 10.9. The molecule has 0 aliphatic heterocycles. The van der Waals surface area contributed by atoms with Crippen molar-refractivity contribution in [3.8, 4) is 0 Å². The summed E-state index contributed by atoms with van der Waals surface area (Å²) < 4.78 is 13.5. The first-order valence-electron chi connectivity index (χ1n) is 6.47. The molecule has 1 aromatic carbocycles. The number of nitrogens with two attached hydrogens (primary N) is 1. The van der Waals surface area contributed by atoms with Crippen LogP contribution in [0.1, 0.15) is 29.6 Å². The average molecular weight is 329 g/mol. The summed E-state index contributed by atoms with van der Waals surface area (Å²) >= 11 is 3.11. The minimum absolute atomic E-state index is 0.0777. The highest BCUT2D eigenvalue weighted by Gasteiger charge is 2.32. The molecule has 104 valence electrons. The molecule has 1 fully saturated rings. The minimum Gasteiger partial charge on any atom is -0.338 e. The highest BCUT2D eigenvalue weighted by atomic mass is 79.9. The van der Waals surface area contributed by atoms with Crippen LogP contribution in [0.3, 0.4) is 0 Å². The van der Waals surface area contributed by atoms with Gasteiger partial charge in [-0.3, -0.25) is 4.79 Å². The molecule has 19 heavy (non-hydrogen) atoms. The third kappa shape index (κ3) is 2.98. The molecule has 1 aliphatic rings. The standard InChI is InChI=1S/C14H18BrFN2O/c1-18(13-4-2-3-10(13)8-17)14(19)9-5-6-12(16)11(15)7-9/h5-7,10,13H,2-4,8,17H2,1H3. The minimum atomic E-state index is -0.361. The van der Waals surface area contributed by atoms with E-state index in [4.69, 9.17) is 5.73 Å². The summed E-state index contributed by atoms with van der Waals surface area (Å²) in [5.41, 5.74) is 6.25. The Morgan fingerprint density at radius 2 is 2.26 bits per heavy atom. The summed E-state index contributed by atoms with van der Waals surface area (Å²) in [6.45, 7) is 0.607. The molecule has 2 unspecified atom stereocenters. The largest absolute Gasteiger partial charge is 0.338 e. The van der Waals surface area contributed by atoms with E-state index >= 15 is 0 Å². The SMILES string of the molecule is CN(C(=O)c1ccc(F)c(Br)c1)C1CCCC1CN. The number of carbonyl (C=O) groups excluding carboxylic acids is 1. The molecular formula is C14H18BrFN2O. The van der Waals surface area contributed by atoms with Gasteiger partial charge in [0.15, 0.2) is 0 Å². The van der Waals surface area contributed by atoms with Gasteiger partial charge < -0.3 is 10.6 Å². The Kier molecular flexibility index (Phi) is 4.58. The van der Waals surface area contributed by atoms with E-state index in [1.54, 1.807) is 11.9 Å². The zero-order chi connectivity index (χ0) is 14.0. The molecule has 2 rings (SSSR count). The highest BCUT2D eigenvalue weighted by Crippen LogP contribution is 2.29. The van der Waals surface area contributed by atoms with Crippen molar-refractivity contribution >= 4 is 21.8 Å². The van der Waals surface area contributed by atoms with Crippen LogP contribution in [0.25, 0.3) is 0 Å². The first-order chi connectivity index (χ1) is 9.04. The summed E-state index contributed by atoms with van der Waals surface area (Å²) in [5.74, 6) is -0.0659. The van der Waals surface area contributed by atoms with Gasteiger partial charge in [0.05, 0.1) is 4.47 Å². The van der Waals surface area contributed by atoms with Crippen LogP contribution < -0.4 is 5.73 Å². The molecule has 5 heteroatoms. The maximum atomic E-state index is 13.2. The smallest absolute Gasteiger partial charge is 0.253 e. The molecule has 2 atom stereocenters. The molecule has 0 bridgehead atoms. The molecule has 1 aliphatic carbocycles. The van der Waals surface area contributed by atoms with Gasteiger partial charge in [0.2, 0.25) is 0 Å². The normalized spacial score (nSPS) is 22.5. The van der Waals surface area contributed by atoms with Crippen molar-refractivity contribution in [2.24, 2.45) is 11.7 Å². The number of hydrogen-bond donors (Lipinski definition) is 1. The zero-order valence-corrected chi connectivity index (χ0v) is 12.5. The van der Waals surface area contributed by atoms with E-state index in [0.29, 0.717) is 22.5 Å². The van der Waals surface area contributed by atoms with Gasteiger partial charge in [0.1, 0.15) is 5.82 Å². The fourth-order valence-corrected chi connectivity index (χ4v) is 3.16. The Bertz CT molecular complexity index is 481. The number of carbonyl (C=O) groups is 1. The number of halogens is 2. The summed E-state index contributed by atoms with van der Waals surface area (Å²) in [4.78, 5) is 14.2. The Hall–Kier alpha value is -0.940. The van der Waals surface area contributed by atoms with Gasteiger partial charge in [-0.15, -0.1) is 0 Å². The van der Waals surface area contributed by atoms with E-state index < -0.39 is 0 Å². The van der Waals surface area contributed by atoms with E-state index in [-0.39, 0.29) is 17.8 Å². The summed E-state index contributed by atoms with van der Waals surface area (Å²) in [6, 6.07) is 4.55. The van der Waals surface area contributed by atoms with E-state index in [1.165, 1.54) is 18.2 Å². The van der Waals surface area contributed by atoms with Gasteiger partial charge in [0.25, 0.3) is 5.91 Å². The van der Waals surface area contributed by atoms with Crippen molar-refractivity contribution < 1.29 is 9.18 Å². The second kappa shape index (κ2) is 6.01. The first-order valence-corrected chi connectivity index (χ1v) is 7.26. The number of rotatable bonds is 3. The first kappa shape index (κ1) is 14.5. The van der Waals surface area contributed by atoms with Crippen molar-refractivity contribution in [2.75, 3.05) is 13.6 Å². The topological polar surface area (TPSA) is 46.3 Å². The highest BCUT2D eigenvalue weighted by molar-refractivity contribution is 9.10. The molecule has 1 saturated carbocycles. The van der Waals surface area contributed by atoms with Crippen LogP contribution in [0, 0.1) is 11.7 Å². The molecule has 3 nitrogen and oxygen atoms in total. The number of nitrogens with zero attached hydrogens (tertiary/aromatic N) is 1. The van der Waals surface area contributed by atoms with Crippen LogP contribution in [0.15, 0.2) is 22.7 Å². The Morgan fingerprint density at radius 3 is 2.89 bits per heavy atom. The molecule has 1 amide bonds. The van der Waals surface area contributed by atoms with Gasteiger partial charge in [-0.05, 0) is 59.4 Å². The van der Waals surface area contributed by atoms with E-state index in [1.807, 2.05) is 0 Å². The molecule has 2 N–H and O–H groups in total. The van der Waals surface area contributed by atoms with Crippen LogP contribution in [-0.4, -0.2) is 30.4 Å². The van der Waals surface area contributed by atoms with E-state index in [0.717, 1.165) is 19.3 Å². The van der Waals surface area contributed by atoms with Crippen LogP contribution >= 0.6 is 15.9 Å². The van der Waals surface area contributed by atoms with Crippen LogP contribution in [0.4, 0.5) is 4.39 Å². The monoisotopic (exact) mass is 328 g/mol. The quantitative estimate of drug-likeness (QED) is 0.927. The lowest BCUT2D eigenvalue weighted by molar-refractivity contribution is 0.0700. The second-order valence-electron chi connectivity index (χ2n) is 5.04. The fraction of sp³-hybridized carbons (Fsp3) is 0.500. The molecular weight excluding hydrogens is 311 g/mol. The van der Waals surface area contributed by atoms with Crippen molar-refractivity contribution in [2.45, 2.75) is 25.3 Å². The maximum Gasteiger partial charge on any atom is 0.253 e. The lowest BCUT2D eigenvalue weighted by Crippen LogP contribution is -2.41. The molecule has 0 heterocycles. The van der Waals surface area contributed by atoms with E-state index in [2.05, 4.69) is 15.9 Å².